The molecule has 0 fully saturated rings. The minimum atomic E-state index is -0.256. The summed E-state index contributed by atoms with van der Waals surface area (Å²) < 4.78 is 12.9. The molecule has 1 aromatic carbocycles. The van der Waals surface area contributed by atoms with Gasteiger partial charge in [-0.2, -0.15) is 0 Å². The van der Waals surface area contributed by atoms with Gasteiger partial charge in [-0.05, 0) is 43.5 Å². The smallest absolute Gasteiger partial charge is 0.166 e. The Morgan fingerprint density at radius 1 is 1.53 bits per heavy atom. The van der Waals surface area contributed by atoms with Gasteiger partial charge in [0.1, 0.15) is 5.82 Å². The highest BCUT2D eigenvalue weighted by atomic mass is 19.1. The second kappa shape index (κ2) is 3.97. The number of halogens is 1. The summed E-state index contributed by atoms with van der Waals surface area (Å²) in [5.74, 6) is -0.0886. The van der Waals surface area contributed by atoms with Gasteiger partial charge in [0.2, 0.25) is 0 Å². The highest BCUT2D eigenvalue weighted by molar-refractivity contribution is 6.02. The second-order valence-corrected chi connectivity index (χ2v) is 3.87. The summed E-state index contributed by atoms with van der Waals surface area (Å²) in [4.78, 5) is 11.9. The van der Waals surface area contributed by atoms with Gasteiger partial charge in [0.05, 0.1) is 0 Å². The van der Waals surface area contributed by atoms with E-state index in [1.807, 2.05) is 19.1 Å². The molecular weight excluding hydrogens is 191 g/mol. The van der Waals surface area contributed by atoms with Gasteiger partial charge in [-0.3, -0.25) is 4.79 Å². The summed E-state index contributed by atoms with van der Waals surface area (Å²) >= 11 is 0. The number of rotatable bonds is 2. The molecule has 1 aliphatic rings. The normalized spacial score (nSPS) is 19.9. The number of hydrogen-bond donors (Lipinski definition) is 0. The summed E-state index contributed by atoms with van der Waals surface area (Å²) in [5.41, 5.74) is 1.56. The third-order valence-corrected chi connectivity index (χ3v) is 2.83. The van der Waals surface area contributed by atoms with E-state index >= 15 is 0 Å². The van der Waals surface area contributed by atoms with Crippen LogP contribution in [0.2, 0.25) is 0 Å². The molecule has 0 bridgehead atoms. The second-order valence-electron chi connectivity index (χ2n) is 3.87. The number of benzene rings is 1. The Balaban J connectivity index is 2.25. The third-order valence-electron chi connectivity index (χ3n) is 2.83. The van der Waals surface area contributed by atoms with Gasteiger partial charge in [0.15, 0.2) is 5.78 Å². The van der Waals surface area contributed by atoms with Crippen molar-refractivity contribution in [1.82, 2.24) is 0 Å². The lowest BCUT2D eigenvalue weighted by Gasteiger charge is -2.01. The molecule has 0 N–H and O–H groups in total. The predicted molar refractivity (Wildman–Crippen MR) is 57.4 cm³/mol. The summed E-state index contributed by atoms with van der Waals surface area (Å²) in [6.07, 6.45) is 5.36. The first-order valence-corrected chi connectivity index (χ1v) is 5.16. The van der Waals surface area contributed by atoms with Crippen molar-refractivity contribution in [1.29, 1.82) is 0 Å². The molecule has 1 unspecified atom stereocenters. The molecule has 1 atom stereocenters. The van der Waals surface area contributed by atoms with E-state index in [2.05, 4.69) is 0 Å². The Bertz CT molecular complexity index is 421. The lowest BCUT2D eigenvalue weighted by atomic mass is 10.0. The van der Waals surface area contributed by atoms with E-state index in [-0.39, 0.29) is 17.5 Å². The first-order valence-electron chi connectivity index (χ1n) is 5.16. The van der Waals surface area contributed by atoms with Crippen LogP contribution in [0.5, 0.6) is 0 Å². The molecule has 0 amide bonds. The Morgan fingerprint density at radius 2 is 2.33 bits per heavy atom. The number of hydrogen-bond acceptors (Lipinski definition) is 1. The van der Waals surface area contributed by atoms with Crippen LogP contribution in [0.15, 0.2) is 30.4 Å². The first-order chi connectivity index (χ1) is 7.22. The molecule has 1 nitrogen and oxygen atoms in total. The van der Waals surface area contributed by atoms with Crippen LogP contribution in [-0.4, -0.2) is 5.78 Å². The maximum Gasteiger partial charge on any atom is 0.166 e. The zero-order valence-corrected chi connectivity index (χ0v) is 8.66. The highest BCUT2D eigenvalue weighted by Crippen LogP contribution is 2.29. The van der Waals surface area contributed by atoms with Crippen molar-refractivity contribution in [3.05, 3.63) is 47.3 Å². The molecule has 78 valence electrons. The number of Topliss-reactive ketones (excluding diaryl/α,β-unsaturated/α-hetero) is 1. The van der Waals surface area contributed by atoms with E-state index in [0.717, 1.165) is 12.0 Å². The van der Waals surface area contributed by atoms with Crippen molar-refractivity contribution in [3.63, 3.8) is 0 Å². The van der Waals surface area contributed by atoms with Crippen molar-refractivity contribution >= 4 is 5.78 Å². The minimum absolute atomic E-state index is 0.0120. The lowest BCUT2D eigenvalue weighted by molar-refractivity contribution is 0.0938. The van der Waals surface area contributed by atoms with Crippen molar-refractivity contribution in [2.24, 2.45) is 5.92 Å². The molecule has 1 aromatic rings. The van der Waals surface area contributed by atoms with Crippen LogP contribution in [0.3, 0.4) is 0 Å². The van der Waals surface area contributed by atoms with Gasteiger partial charge < -0.3 is 0 Å². The molecule has 0 radical (unpaired) electrons. The number of carbonyl (C=O) groups is 1. The average Bonchev–Trinajstić information content (AvgIpc) is 2.52. The SMILES string of the molecule is C/C=C/CC1Cc2cc(F)ccc2C1=O. The van der Waals surface area contributed by atoms with Gasteiger partial charge in [0, 0.05) is 11.5 Å². The Labute approximate surface area is 88.6 Å². The van der Waals surface area contributed by atoms with Gasteiger partial charge in [-0.1, -0.05) is 12.2 Å². The fraction of sp³-hybridized carbons (Fsp3) is 0.308. The van der Waals surface area contributed by atoms with Crippen molar-refractivity contribution in [2.75, 3.05) is 0 Å². The van der Waals surface area contributed by atoms with Crippen LogP contribution in [-0.2, 0) is 6.42 Å². The molecule has 0 saturated carbocycles. The van der Waals surface area contributed by atoms with Gasteiger partial charge in [-0.25, -0.2) is 4.39 Å². The average molecular weight is 204 g/mol. The van der Waals surface area contributed by atoms with E-state index in [4.69, 9.17) is 0 Å². The van der Waals surface area contributed by atoms with Gasteiger partial charge in [-0.15, -0.1) is 0 Å². The monoisotopic (exact) mass is 204 g/mol. The summed E-state index contributed by atoms with van der Waals surface area (Å²) in [5, 5.41) is 0. The maximum absolute atomic E-state index is 12.9. The zero-order chi connectivity index (χ0) is 10.8. The van der Waals surface area contributed by atoms with Crippen molar-refractivity contribution < 1.29 is 9.18 Å². The molecule has 0 saturated heterocycles. The third kappa shape index (κ3) is 1.84. The van der Waals surface area contributed by atoms with E-state index < -0.39 is 0 Å². The van der Waals surface area contributed by atoms with Crippen LogP contribution in [0.4, 0.5) is 4.39 Å². The van der Waals surface area contributed by atoms with Crippen LogP contribution in [0, 0.1) is 11.7 Å². The molecule has 2 heteroatoms. The predicted octanol–water partition coefficient (Wildman–Crippen LogP) is 3.15. The number of carbonyl (C=O) groups excluding carboxylic acids is 1. The topological polar surface area (TPSA) is 17.1 Å². The van der Waals surface area contributed by atoms with Crippen LogP contribution < -0.4 is 0 Å². The largest absolute Gasteiger partial charge is 0.294 e. The minimum Gasteiger partial charge on any atom is -0.294 e. The Morgan fingerprint density at radius 3 is 3.07 bits per heavy atom. The fourth-order valence-electron chi connectivity index (χ4n) is 2.04. The van der Waals surface area contributed by atoms with E-state index in [9.17, 15) is 9.18 Å². The fourth-order valence-corrected chi connectivity index (χ4v) is 2.04. The molecule has 15 heavy (non-hydrogen) atoms. The number of allylic oxidation sites excluding steroid dienone is 2. The quantitative estimate of drug-likeness (QED) is 0.676. The summed E-state index contributed by atoms with van der Waals surface area (Å²) in [6.45, 7) is 1.94. The van der Waals surface area contributed by atoms with Crippen molar-refractivity contribution in [2.45, 2.75) is 19.8 Å². The van der Waals surface area contributed by atoms with E-state index in [0.29, 0.717) is 12.0 Å². The standard InChI is InChI=1S/C13H13FO/c1-2-3-4-9-7-10-8-11(14)5-6-12(10)13(9)15/h2-3,5-6,8-9H,4,7H2,1H3/b3-2+. The Kier molecular flexibility index (Phi) is 2.67. The molecule has 2 rings (SSSR count). The van der Waals surface area contributed by atoms with E-state index in [1.54, 1.807) is 6.07 Å². The molecule has 1 aliphatic carbocycles. The lowest BCUT2D eigenvalue weighted by Crippen LogP contribution is -2.07. The summed E-state index contributed by atoms with van der Waals surface area (Å²) in [6, 6.07) is 4.43. The first kappa shape index (κ1) is 10.1. The number of fused-ring (bicyclic) bond motifs is 1. The summed E-state index contributed by atoms with van der Waals surface area (Å²) in [7, 11) is 0. The van der Waals surface area contributed by atoms with Crippen LogP contribution in [0.1, 0.15) is 29.3 Å². The molecule has 0 aromatic heterocycles. The molecular formula is C13H13FO. The highest BCUT2D eigenvalue weighted by Gasteiger charge is 2.29. The zero-order valence-electron chi connectivity index (χ0n) is 8.66. The maximum atomic E-state index is 12.9. The van der Waals surface area contributed by atoms with Crippen molar-refractivity contribution in [3.8, 4) is 0 Å². The van der Waals surface area contributed by atoms with Crippen LogP contribution in [0.25, 0.3) is 0 Å². The Hall–Kier alpha value is -1.44. The number of ketones is 1. The molecule has 0 spiro atoms. The molecule has 0 aliphatic heterocycles. The van der Waals surface area contributed by atoms with Crippen LogP contribution >= 0.6 is 0 Å². The van der Waals surface area contributed by atoms with Gasteiger partial charge >= 0.3 is 0 Å². The van der Waals surface area contributed by atoms with Gasteiger partial charge in [0.25, 0.3) is 0 Å². The van der Waals surface area contributed by atoms with E-state index in [1.165, 1.54) is 12.1 Å². The molecule has 0 heterocycles.